The molecule has 0 aliphatic carbocycles. The number of hydrogen-bond acceptors (Lipinski definition) is 4. The average Bonchev–Trinajstić information content (AvgIpc) is 2.58. The molecular formula is C22H33IO4. The van der Waals surface area contributed by atoms with E-state index < -0.39 is 0 Å². The average molecular weight is 488 g/mol. The third-order valence-corrected chi connectivity index (χ3v) is 5.04. The van der Waals surface area contributed by atoms with Crippen molar-refractivity contribution in [3.8, 4) is 11.5 Å². The van der Waals surface area contributed by atoms with E-state index >= 15 is 0 Å². The van der Waals surface area contributed by atoms with Crippen molar-refractivity contribution in [2.75, 3.05) is 0 Å². The highest BCUT2D eigenvalue weighted by atomic mass is 127. The van der Waals surface area contributed by atoms with Crippen LogP contribution in [-0.4, -0.2) is 11.9 Å². The lowest BCUT2D eigenvalue weighted by molar-refractivity contribution is -0.137. The Labute approximate surface area is 177 Å². The first kappa shape index (κ1) is 23.9. The van der Waals surface area contributed by atoms with E-state index in [-0.39, 0.29) is 11.9 Å². The van der Waals surface area contributed by atoms with Gasteiger partial charge in [0.05, 0.1) is 3.57 Å². The van der Waals surface area contributed by atoms with Crippen LogP contribution < -0.4 is 9.47 Å². The van der Waals surface area contributed by atoms with E-state index in [2.05, 4.69) is 50.3 Å². The minimum atomic E-state index is -0.282. The molecule has 1 aromatic carbocycles. The zero-order valence-electron chi connectivity index (χ0n) is 17.1. The first-order valence-electron chi connectivity index (χ1n) is 9.99. The number of ether oxygens (including phenoxy) is 2. The highest BCUT2D eigenvalue weighted by molar-refractivity contribution is 14.1. The summed E-state index contributed by atoms with van der Waals surface area (Å²) in [7, 11) is 0. The van der Waals surface area contributed by atoms with E-state index in [0.29, 0.717) is 36.2 Å². The maximum absolute atomic E-state index is 12.2. The summed E-state index contributed by atoms with van der Waals surface area (Å²) in [6.45, 7) is 8.70. The van der Waals surface area contributed by atoms with Crippen LogP contribution in [0.25, 0.3) is 0 Å². The molecule has 152 valence electrons. The SMILES string of the molecule is CC(C)CCCCC(=O)Oc1cccc(I)c1OC(=O)CCCCC(C)C. The molecule has 0 aliphatic rings. The second-order valence-electron chi connectivity index (χ2n) is 7.79. The Balaban J connectivity index is 2.55. The Kier molecular flexibility index (Phi) is 11.6. The maximum Gasteiger partial charge on any atom is 0.311 e. The van der Waals surface area contributed by atoms with Crippen LogP contribution in [0.4, 0.5) is 0 Å². The van der Waals surface area contributed by atoms with Gasteiger partial charge in [0.1, 0.15) is 0 Å². The molecule has 0 atom stereocenters. The van der Waals surface area contributed by atoms with Crippen LogP contribution in [0, 0.1) is 15.4 Å². The Morgan fingerprint density at radius 2 is 1.37 bits per heavy atom. The number of carbonyl (C=O) groups is 2. The highest BCUT2D eigenvalue weighted by Crippen LogP contribution is 2.33. The molecule has 0 saturated carbocycles. The van der Waals surface area contributed by atoms with E-state index in [9.17, 15) is 9.59 Å². The molecule has 0 radical (unpaired) electrons. The summed E-state index contributed by atoms with van der Waals surface area (Å²) in [5.41, 5.74) is 0. The molecule has 5 heteroatoms. The quantitative estimate of drug-likeness (QED) is 0.145. The van der Waals surface area contributed by atoms with Gasteiger partial charge in [0.2, 0.25) is 0 Å². The Hall–Kier alpha value is -1.11. The number of carbonyl (C=O) groups excluding carboxylic acids is 2. The van der Waals surface area contributed by atoms with Crippen LogP contribution in [-0.2, 0) is 9.59 Å². The highest BCUT2D eigenvalue weighted by Gasteiger charge is 2.16. The molecule has 1 aromatic rings. The summed E-state index contributed by atoms with van der Waals surface area (Å²) >= 11 is 2.09. The van der Waals surface area contributed by atoms with Crippen LogP contribution in [0.2, 0.25) is 0 Å². The molecule has 0 aliphatic heterocycles. The van der Waals surface area contributed by atoms with Gasteiger partial charge in [-0.1, -0.05) is 59.4 Å². The van der Waals surface area contributed by atoms with Crippen molar-refractivity contribution in [2.24, 2.45) is 11.8 Å². The van der Waals surface area contributed by atoms with Gasteiger partial charge in [-0.05, 0) is 59.4 Å². The van der Waals surface area contributed by atoms with Crippen molar-refractivity contribution in [1.29, 1.82) is 0 Å². The van der Waals surface area contributed by atoms with Gasteiger partial charge in [0.25, 0.3) is 0 Å². The van der Waals surface area contributed by atoms with Gasteiger partial charge in [-0.15, -0.1) is 0 Å². The number of hydrogen-bond donors (Lipinski definition) is 0. The number of esters is 2. The minimum Gasteiger partial charge on any atom is -0.422 e. The summed E-state index contributed by atoms with van der Waals surface area (Å²) in [6.07, 6.45) is 6.61. The Bertz CT molecular complexity index is 596. The molecule has 0 bridgehead atoms. The third kappa shape index (κ3) is 10.7. The van der Waals surface area contributed by atoms with E-state index in [4.69, 9.17) is 9.47 Å². The number of rotatable bonds is 12. The van der Waals surface area contributed by atoms with Crippen LogP contribution >= 0.6 is 22.6 Å². The zero-order chi connectivity index (χ0) is 20.2. The van der Waals surface area contributed by atoms with Crippen LogP contribution in [0.5, 0.6) is 11.5 Å². The maximum atomic E-state index is 12.2. The van der Waals surface area contributed by atoms with E-state index in [1.54, 1.807) is 12.1 Å². The van der Waals surface area contributed by atoms with Crippen molar-refractivity contribution in [3.63, 3.8) is 0 Å². The molecule has 0 amide bonds. The van der Waals surface area contributed by atoms with Gasteiger partial charge in [0, 0.05) is 12.8 Å². The summed E-state index contributed by atoms with van der Waals surface area (Å²) in [5.74, 6) is 1.40. The van der Waals surface area contributed by atoms with E-state index in [0.717, 1.165) is 42.1 Å². The van der Waals surface area contributed by atoms with Gasteiger partial charge in [-0.2, -0.15) is 0 Å². The second-order valence-corrected chi connectivity index (χ2v) is 8.96. The first-order chi connectivity index (χ1) is 12.8. The summed E-state index contributed by atoms with van der Waals surface area (Å²) in [5, 5.41) is 0. The molecule has 1 rings (SSSR count). The van der Waals surface area contributed by atoms with Crippen LogP contribution in [0.1, 0.15) is 79.1 Å². The molecule has 4 nitrogen and oxygen atoms in total. The fourth-order valence-electron chi connectivity index (χ4n) is 2.65. The smallest absolute Gasteiger partial charge is 0.311 e. The molecule has 0 spiro atoms. The normalized spacial score (nSPS) is 11.1. The summed E-state index contributed by atoms with van der Waals surface area (Å²) in [4.78, 5) is 24.3. The minimum absolute atomic E-state index is 0.280. The fourth-order valence-corrected chi connectivity index (χ4v) is 3.23. The van der Waals surface area contributed by atoms with Crippen molar-refractivity contribution < 1.29 is 19.1 Å². The largest absolute Gasteiger partial charge is 0.422 e. The van der Waals surface area contributed by atoms with Crippen molar-refractivity contribution >= 4 is 34.5 Å². The van der Waals surface area contributed by atoms with Gasteiger partial charge in [-0.25, -0.2) is 0 Å². The Morgan fingerprint density at radius 1 is 0.852 bits per heavy atom. The third-order valence-electron chi connectivity index (χ3n) is 4.20. The van der Waals surface area contributed by atoms with Crippen molar-refractivity contribution in [3.05, 3.63) is 21.8 Å². The number of halogens is 1. The number of unbranched alkanes of at least 4 members (excludes halogenated alkanes) is 2. The second kappa shape index (κ2) is 13.1. The fraction of sp³-hybridized carbons (Fsp3) is 0.636. The first-order valence-corrected chi connectivity index (χ1v) is 11.1. The topological polar surface area (TPSA) is 52.6 Å². The van der Waals surface area contributed by atoms with Gasteiger partial charge < -0.3 is 9.47 Å². The summed E-state index contributed by atoms with van der Waals surface area (Å²) < 4.78 is 11.7. The zero-order valence-corrected chi connectivity index (χ0v) is 19.2. The molecule has 0 unspecified atom stereocenters. The predicted octanol–water partition coefficient (Wildman–Crippen LogP) is 6.53. The lowest BCUT2D eigenvalue weighted by atomic mass is 10.1. The number of para-hydroxylation sites is 1. The molecule has 0 saturated heterocycles. The Morgan fingerprint density at radius 3 is 1.89 bits per heavy atom. The van der Waals surface area contributed by atoms with Crippen molar-refractivity contribution in [1.82, 2.24) is 0 Å². The van der Waals surface area contributed by atoms with Crippen LogP contribution in [0.15, 0.2) is 18.2 Å². The molecular weight excluding hydrogens is 455 g/mol. The van der Waals surface area contributed by atoms with Crippen molar-refractivity contribution in [2.45, 2.75) is 79.1 Å². The molecule has 0 N–H and O–H groups in total. The predicted molar refractivity (Wildman–Crippen MR) is 117 cm³/mol. The van der Waals surface area contributed by atoms with Gasteiger partial charge in [-0.3, -0.25) is 9.59 Å². The lowest BCUT2D eigenvalue weighted by Gasteiger charge is -2.12. The molecule has 0 aromatic heterocycles. The standard InChI is InChI=1S/C22H33IO4/c1-16(2)10-5-7-14-20(24)26-19-13-9-12-18(23)22(19)27-21(25)15-8-6-11-17(3)4/h9,12-13,16-17H,5-8,10-11,14-15H2,1-4H3. The number of benzene rings is 1. The lowest BCUT2D eigenvalue weighted by Crippen LogP contribution is -2.13. The molecule has 0 fully saturated rings. The van der Waals surface area contributed by atoms with Gasteiger partial charge in [0.15, 0.2) is 11.5 Å². The van der Waals surface area contributed by atoms with E-state index in [1.807, 2.05) is 6.07 Å². The van der Waals surface area contributed by atoms with E-state index in [1.165, 1.54) is 0 Å². The van der Waals surface area contributed by atoms with Crippen LogP contribution in [0.3, 0.4) is 0 Å². The summed E-state index contributed by atoms with van der Waals surface area (Å²) in [6, 6.07) is 5.31. The molecule has 27 heavy (non-hydrogen) atoms. The monoisotopic (exact) mass is 488 g/mol. The molecule has 0 heterocycles. The van der Waals surface area contributed by atoms with Gasteiger partial charge >= 0.3 is 11.9 Å².